The fourth-order valence-corrected chi connectivity index (χ4v) is 13.4. The summed E-state index contributed by atoms with van der Waals surface area (Å²) >= 11 is 0. The van der Waals surface area contributed by atoms with E-state index in [1.165, 1.54) is 33.4 Å². The van der Waals surface area contributed by atoms with E-state index in [2.05, 4.69) is 118 Å². The van der Waals surface area contributed by atoms with E-state index in [1.54, 1.807) is 73.8 Å². The van der Waals surface area contributed by atoms with Gasteiger partial charge in [0, 0.05) is 41.8 Å². The molecule has 0 radical (unpaired) electrons. The summed E-state index contributed by atoms with van der Waals surface area (Å²) in [5.41, 5.74) is 12.1. The van der Waals surface area contributed by atoms with Gasteiger partial charge in [0.2, 0.25) is 0 Å². The van der Waals surface area contributed by atoms with E-state index in [1.807, 2.05) is 89.8 Å². The number of aliphatic hydroxyl groups is 2. The first kappa shape index (κ1) is 68.8. The molecule has 0 fully saturated rings. The first-order valence-corrected chi connectivity index (χ1v) is 31.2. The Bertz CT molecular complexity index is 4490. The smallest absolute Gasteiger partial charge is 0.268 e. The number of ether oxygens (including phenoxy) is 2. The molecule has 10 rings (SSSR count). The van der Waals surface area contributed by atoms with E-state index < -0.39 is 0 Å². The normalized spacial score (nSPS) is 15.7. The van der Waals surface area contributed by atoms with Crippen LogP contribution in [0.15, 0.2) is 182 Å². The summed E-state index contributed by atoms with van der Waals surface area (Å²) in [4.78, 5) is 10.6. The SMILES string of the molecule is CC1(C)C[C@@](C)(c2ccc(O)cc2)c2cc(O)ccc21.[C-]#[N+]C(C#N)=c1ccc(=C(C#N)c2ccc(N(CCC)CCOc3ccc([C@]4(C)CC(C)(C)c5ccc(OC)cc54)cc3)cc2)cc1.[C-]#[N+]C(C#N)=c1ccc(=C(C#N)c2ccc(N(CCO)CCO)cc2)cc1. The van der Waals surface area contributed by atoms with Crippen molar-refractivity contribution < 1.29 is 29.9 Å². The zero-order valence-corrected chi connectivity index (χ0v) is 54.6. The number of hydrogen-bond donors (Lipinski definition) is 4. The van der Waals surface area contributed by atoms with Crippen LogP contribution < -0.4 is 40.1 Å². The van der Waals surface area contributed by atoms with E-state index in [0.717, 1.165) is 71.6 Å². The average Bonchev–Trinajstić information content (AvgIpc) is 1.58. The van der Waals surface area contributed by atoms with E-state index in [4.69, 9.17) is 43.4 Å². The summed E-state index contributed by atoms with van der Waals surface area (Å²) < 4.78 is 11.8. The van der Waals surface area contributed by atoms with Crippen LogP contribution in [0.1, 0.15) is 112 Å². The Balaban J connectivity index is 0.000000202. The van der Waals surface area contributed by atoms with Crippen LogP contribution in [0.25, 0.3) is 32.2 Å². The average molecular weight is 1250 g/mol. The molecule has 0 saturated carbocycles. The van der Waals surface area contributed by atoms with Crippen LogP contribution in [0.3, 0.4) is 0 Å². The summed E-state index contributed by atoms with van der Waals surface area (Å²) in [5, 5.41) is 77.7. The summed E-state index contributed by atoms with van der Waals surface area (Å²) in [6.07, 6.45) is 3.01. The largest absolute Gasteiger partial charge is 0.508 e. The number of hydrogen-bond acceptors (Lipinski definition) is 12. The highest BCUT2D eigenvalue weighted by molar-refractivity contribution is 5.78. The molecule has 0 spiro atoms. The summed E-state index contributed by atoms with van der Waals surface area (Å²) in [7, 11) is 1.72. The van der Waals surface area contributed by atoms with Crippen molar-refractivity contribution in [1.82, 2.24) is 0 Å². The second kappa shape index (κ2) is 30.3. The van der Waals surface area contributed by atoms with E-state index in [0.29, 0.717) is 52.2 Å². The number of aliphatic hydroxyl groups excluding tert-OH is 2. The highest BCUT2D eigenvalue weighted by Crippen LogP contribution is 2.55. The number of nitriles is 4. The predicted molar refractivity (Wildman–Crippen MR) is 370 cm³/mol. The van der Waals surface area contributed by atoms with Gasteiger partial charge in [0.05, 0.1) is 63.3 Å². The Kier molecular flexibility index (Phi) is 22.2. The first-order chi connectivity index (χ1) is 45.2. The van der Waals surface area contributed by atoms with Crippen molar-refractivity contribution in [3.05, 3.63) is 270 Å². The highest BCUT2D eigenvalue weighted by Gasteiger charge is 2.47. The Morgan fingerprint density at radius 2 is 0.862 bits per heavy atom. The van der Waals surface area contributed by atoms with Crippen molar-refractivity contribution in [3.8, 4) is 47.3 Å². The highest BCUT2D eigenvalue weighted by atomic mass is 16.5. The third-order valence-electron chi connectivity index (χ3n) is 17.9. The fourth-order valence-electron chi connectivity index (χ4n) is 13.4. The Hall–Kier alpha value is -11.1. The Morgan fingerprint density at radius 1 is 0.468 bits per heavy atom. The lowest BCUT2D eigenvalue weighted by Gasteiger charge is -2.29. The maximum absolute atomic E-state index is 9.95. The molecule has 8 aromatic carbocycles. The lowest BCUT2D eigenvalue weighted by molar-refractivity contribution is 0.281. The lowest BCUT2D eigenvalue weighted by atomic mass is 9.75. The number of benzene rings is 8. The number of phenolic OH excluding ortho intramolecular Hbond substituents is 2. The molecule has 0 aliphatic heterocycles. The van der Waals surface area contributed by atoms with Gasteiger partial charge in [0.25, 0.3) is 11.4 Å². The van der Waals surface area contributed by atoms with Gasteiger partial charge in [0.1, 0.15) is 41.7 Å². The van der Waals surface area contributed by atoms with E-state index in [9.17, 15) is 20.7 Å². The van der Waals surface area contributed by atoms with Gasteiger partial charge >= 0.3 is 0 Å². The standard InChI is InChI=1S/C41H40N4O2.C21H18N4O2.C18H20O2/c1-7-22-45(33-16-12-30(13-17-33)36(26-42)29-8-10-31(11-9-29)39(27-43)44-5)23-24-47-34-18-14-32(15-19-34)41(4)28-40(2,3)37-21-20-35(46-6)25-38(37)41;1-24-21(15-23)18-4-2-16(3-5-18)20(14-22)17-6-8-19(9-7-17)25(10-12-26)11-13-27;1-17(2)11-18(3,12-4-6-13(19)7-5-12)16-10-14(20)8-9-15(16)17/h8-21,25H,7,22-24,28H2,1-4,6H3;2-9,26-27H,10-13H2;4-10,19-20H,11H2,1-3H3/t41-;;18-/m0.0/s1. The molecule has 94 heavy (non-hydrogen) atoms. The number of methoxy groups -OCH3 is 1. The molecule has 0 saturated heterocycles. The second-order valence-corrected chi connectivity index (χ2v) is 25.1. The molecule has 0 heterocycles. The molecule has 2 atom stereocenters. The van der Waals surface area contributed by atoms with Gasteiger partial charge in [-0.25, -0.2) is 20.2 Å². The molecule has 4 N–H and O–H groups in total. The van der Waals surface area contributed by atoms with E-state index in [-0.39, 0.29) is 52.0 Å². The van der Waals surface area contributed by atoms with Crippen LogP contribution in [-0.2, 0) is 21.7 Å². The molecule has 8 aromatic rings. The molecule has 0 aromatic heterocycles. The molecule has 474 valence electrons. The molecular weight excluding hydrogens is 1170 g/mol. The van der Waals surface area contributed by atoms with Crippen molar-refractivity contribution in [2.24, 2.45) is 0 Å². The maximum atomic E-state index is 9.95. The molecular formula is C80H78N8O6. The van der Waals surface area contributed by atoms with Crippen molar-refractivity contribution in [1.29, 1.82) is 21.0 Å². The number of fused-ring (bicyclic) bond motifs is 2. The fraction of sp³-hybridized carbons (Fsp3) is 0.275. The Morgan fingerprint density at radius 3 is 1.27 bits per heavy atom. The summed E-state index contributed by atoms with van der Waals surface area (Å²) in [6, 6.07) is 65.5. The third-order valence-corrected chi connectivity index (χ3v) is 17.9. The van der Waals surface area contributed by atoms with Crippen LogP contribution in [0.4, 0.5) is 11.4 Å². The van der Waals surface area contributed by atoms with Crippen LogP contribution >= 0.6 is 0 Å². The third kappa shape index (κ3) is 15.3. The number of aromatic hydroxyl groups is 2. The topological polar surface area (TPSA) is 210 Å². The molecule has 14 nitrogen and oxygen atoms in total. The van der Waals surface area contributed by atoms with Crippen LogP contribution in [0.5, 0.6) is 23.0 Å². The van der Waals surface area contributed by atoms with Crippen molar-refractivity contribution in [3.63, 3.8) is 0 Å². The molecule has 0 bridgehead atoms. The molecule has 0 amide bonds. The number of anilines is 2. The van der Waals surface area contributed by atoms with Gasteiger partial charge in [-0.15, -0.1) is 0 Å². The van der Waals surface area contributed by atoms with Crippen LogP contribution in [0, 0.1) is 58.5 Å². The quantitative estimate of drug-likeness (QED) is 0.0628. The number of phenols is 2. The minimum Gasteiger partial charge on any atom is -0.508 e. The van der Waals surface area contributed by atoms with Gasteiger partial charge in [0.15, 0.2) is 0 Å². The van der Waals surface area contributed by atoms with Gasteiger partial charge in [-0.3, -0.25) is 0 Å². The summed E-state index contributed by atoms with van der Waals surface area (Å²) in [5.74, 6) is 2.33. The van der Waals surface area contributed by atoms with Gasteiger partial charge in [-0.05, 0) is 168 Å². The van der Waals surface area contributed by atoms with Crippen molar-refractivity contribution >= 4 is 33.9 Å². The minimum atomic E-state index is -0.134. The van der Waals surface area contributed by atoms with Gasteiger partial charge in [-0.2, -0.15) is 10.5 Å². The van der Waals surface area contributed by atoms with Crippen molar-refractivity contribution in [2.75, 3.05) is 62.9 Å². The zero-order valence-electron chi connectivity index (χ0n) is 54.6. The van der Waals surface area contributed by atoms with Crippen LogP contribution in [0.2, 0.25) is 0 Å². The minimum absolute atomic E-state index is 0.0114. The molecule has 2 aliphatic carbocycles. The van der Waals surface area contributed by atoms with Gasteiger partial charge < -0.3 is 39.7 Å². The van der Waals surface area contributed by atoms with Crippen LogP contribution in [-0.4, -0.2) is 73.5 Å². The lowest BCUT2D eigenvalue weighted by Crippen LogP contribution is -2.29. The monoisotopic (exact) mass is 1250 g/mol. The second-order valence-electron chi connectivity index (χ2n) is 25.1. The number of rotatable bonds is 17. The van der Waals surface area contributed by atoms with Crippen molar-refractivity contribution in [2.45, 2.75) is 89.4 Å². The first-order valence-electron chi connectivity index (χ1n) is 31.2. The molecule has 0 unspecified atom stereocenters. The predicted octanol–water partition coefficient (Wildman–Crippen LogP) is 12.1. The zero-order chi connectivity index (χ0) is 67.8. The Labute approximate surface area is 551 Å². The maximum Gasteiger partial charge on any atom is 0.268 e. The van der Waals surface area contributed by atoms with E-state index >= 15 is 0 Å². The molecule has 14 heteroatoms. The number of nitrogens with zero attached hydrogens (tertiary/aromatic N) is 8. The molecule has 2 aliphatic rings. The summed E-state index contributed by atoms with van der Waals surface area (Å²) in [6.45, 7) is 32.9. The van der Waals surface area contributed by atoms with Gasteiger partial charge in [-0.1, -0.05) is 158 Å².